The van der Waals surface area contributed by atoms with E-state index in [0.717, 1.165) is 12.8 Å². The maximum Gasteiger partial charge on any atom is 0.302 e. The van der Waals surface area contributed by atoms with Crippen LogP contribution in [-0.2, 0) is 14.3 Å². The first-order chi connectivity index (χ1) is 7.91. The molecule has 0 rings (SSSR count). The standard InChI is InChI=1S/C10H20N4O3/c1-7(15)17-8(6-9(11)16)4-2-3-5-14-10(12)13/h8H,2-6H2,1H3,(H2,11,16)(H4,12,13,14)/t8-/m0/s1. The average molecular weight is 244 g/mol. The smallest absolute Gasteiger partial charge is 0.302 e. The Kier molecular flexibility index (Phi) is 7.49. The van der Waals surface area contributed by atoms with Gasteiger partial charge in [0, 0.05) is 13.5 Å². The molecule has 0 radical (unpaired) electrons. The normalized spacial score (nSPS) is 11.6. The summed E-state index contributed by atoms with van der Waals surface area (Å²) in [6.45, 7) is 1.82. The third kappa shape index (κ3) is 10.5. The van der Waals surface area contributed by atoms with Gasteiger partial charge in [0.05, 0.1) is 6.42 Å². The first kappa shape index (κ1) is 15.2. The van der Waals surface area contributed by atoms with Crippen LogP contribution in [0.15, 0.2) is 4.99 Å². The zero-order valence-corrected chi connectivity index (χ0v) is 10.0. The quantitative estimate of drug-likeness (QED) is 0.223. The van der Waals surface area contributed by atoms with Crippen LogP contribution < -0.4 is 17.2 Å². The van der Waals surface area contributed by atoms with E-state index in [4.69, 9.17) is 21.9 Å². The van der Waals surface area contributed by atoms with Crippen molar-refractivity contribution in [3.63, 3.8) is 0 Å². The van der Waals surface area contributed by atoms with Crippen LogP contribution in [0.5, 0.6) is 0 Å². The van der Waals surface area contributed by atoms with E-state index in [1.165, 1.54) is 6.92 Å². The Morgan fingerprint density at radius 3 is 2.35 bits per heavy atom. The van der Waals surface area contributed by atoms with Crippen LogP contribution in [0.3, 0.4) is 0 Å². The topological polar surface area (TPSA) is 134 Å². The molecule has 0 aliphatic carbocycles. The molecule has 0 fully saturated rings. The van der Waals surface area contributed by atoms with Crippen LogP contribution in [0.2, 0.25) is 0 Å². The SMILES string of the molecule is CC(=O)O[C@@H](CCCCN=C(N)N)CC(N)=O. The van der Waals surface area contributed by atoms with E-state index in [9.17, 15) is 9.59 Å². The van der Waals surface area contributed by atoms with Crippen molar-refractivity contribution in [3.05, 3.63) is 0 Å². The van der Waals surface area contributed by atoms with Crippen molar-refractivity contribution < 1.29 is 14.3 Å². The Morgan fingerprint density at radius 2 is 1.88 bits per heavy atom. The Balaban J connectivity index is 3.87. The molecule has 98 valence electrons. The lowest BCUT2D eigenvalue weighted by Crippen LogP contribution is -2.24. The molecule has 0 spiro atoms. The molecule has 0 aromatic heterocycles. The van der Waals surface area contributed by atoms with Crippen LogP contribution in [0.25, 0.3) is 0 Å². The molecule has 1 atom stereocenters. The summed E-state index contributed by atoms with van der Waals surface area (Å²) >= 11 is 0. The average Bonchev–Trinajstić information content (AvgIpc) is 2.14. The van der Waals surface area contributed by atoms with Crippen LogP contribution in [0.1, 0.15) is 32.6 Å². The van der Waals surface area contributed by atoms with Gasteiger partial charge in [-0.25, -0.2) is 0 Å². The number of amides is 1. The Morgan fingerprint density at radius 1 is 1.24 bits per heavy atom. The van der Waals surface area contributed by atoms with E-state index in [0.29, 0.717) is 13.0 Å². The molecular formula is C10H20N4O3. The van der Waals surface area contributed by atoms with Gasteiger partial charge in [-0.1, -0.05) is 0 Å². The number of aliphatic imine (C=N–C) groups is 1. The molecule has 0 aliphatic heterocycles. The second-order valence-corrected chi connectivity index (χ2v) is 3.70. The van der Waals surface area contributed by atoms with Crippen LogP contribution >= 0.6 is 0 Å². The number of guanidine groups is 1. The molecule has 7 nitrogen and oxygen atoms in total. The van der Waals surface area contributed by atoms with Gasteiger partial charge >= 0.3 is 5.97 Å². The van der Waals surface area contributed by atoms with Crippen molar-refractivity contribution in [1.82, 2.24) is 0 Å². The molecule has 0 aromatic carbocycles. The second kappa shape index (κ2) is 8.37. The summed E-state index contributed by atoms with van der Waals surface area (Å²) in [4.78, 5) is 25.3. The van der Waals surface area contributed by atoms with Gasteiger partial charge in [0.15, 0.2) is 5.96 Å². The monoisotopic (exact) mass is 244 g/mol. The molecule has 0 aliphatic rings. The van der Waals surface area contributed by atoms with Crippen molar-refractivity contribution in [2.24, 2.45) is 22.2 Å². The van der Waals surface area contributed by atoms with E-state index in [1.807, 2.05) is 0 Å². The van der Waals surface area contributed by atoms with Crippen LogP contribution in [0.4, 0.5) is 0 Å². The number of ether oxygens (including phenoxy) is 1. The van der Waals surface area contributed by atoms with Crippen molar-refractivity contribution in [3.8, 4) is 0 Å². The third-order valence-electron chi connectivity index (χ3n) is 1.99. The van der Waals surface area contributed by atoms with Gasteiger partial charge in [0.25, 0.3) is 0 Å². The lowest BCUT2D eigenvalue weighted by molar-refractivity contribution is -0.147. The largest absolute Gasteiger partial charge is 0.462 e. The highest BCUT2D eigenvalue weighted by Gasteiger charge is 2.14. The maximum atomic E-state index is 10.8. The lowest BCUT2D eigenvalue weighted by Gasteiger charge is -2.14. The predicted octanol–water partition coefficient (Wildman–Crippen LogP) is -0.763. The van der Waals surface area contributed by atoms with Gasteiger partial charge in [-0.05, 0) is 19.3 Å². The van der Waals surface area contributed by atoms with Crippen molar-refractivity contribution >= 4 is 17.8 Å². The molecule has 1 amide bonds. The summed E-state index contributed by atoms with van der Waals surface area (Å²) in [5.74, 6) is -0.848. The molecule has 0 saturated carbocycles. The van der Waals surface area contributed by atoms with Crippen molar-refractivity contribution in [1.29, 1.82) is 0 Å². The van der Waals surface area contributed by atoms with E-state index >= 15 is 0 Å². The number of nitrogens with two attached hydrogens (primary N) is 3. The summed E-state index contributed by atoms with van der Waals surface area (Å²) in [6, 6.07) is 0. The Hall–Kier alpha value is -1.79. The highest BCUT2D eigenvalue weighted by atomic mass is 16.5. The summed E-state index contributed by atoms with van der Waals surface area (Å²) < 4.78 is 4.96. The Bertz CT molecular complexity index is 271. The van der Waals surface area contributed by atoms with E-state index in [-0.39, 0.29) is 12.4 Å². The summed E-state index contributed by atoms with van der Waals surface area (Å²) in [6.07, 6.45) is 1.67. The number of primary amides is 1. The highest BCUT2D eigenvalue weighted by Crippen LogP contribution is 2.09. The van der Waals surface area contributed by atoms with Gasteiger partial charge in [0.2, 0.25) is 5.91 Å². The molecule has 17 heavy (non-hydrogen) atoms. The fourth-order valence-corrected chi connectivity index (χ4v) is 1.35. The molecule has 0 saturated heterocycles. The summed E-state index contributed by atoms with van der Waals surface area (Å²) in [5, 5.41) is 0. The van der Waals surface area contributed by atoms with Gasteiger partial charge in [0.1, 0.15) is 6.10 Å². The highest BCUT2D eigenvalue weighted by molar-refractivity contribution is 5.75. The van der Waals surface area contributed by atoms with E-state index in [2.05, 4.69) is 4.99 Å². The summed E-state index contributed by atoms with van der Waals surface area (Å²) in [5.41, 5.74) is 15.4. The van der Waals surface area contributed by atoms with E-state index < -0.39 is 18.0 Å². The second-order valence-electron chi connectivity index (χ2n) is 3.70. The van der Waals surface area contributed by atoms with Crippen LogP contribution in [0, 0.1) is 0 Å². The zero-order chi connectivity index (χ0) is 13.3. The number of hydrogen-bond donors (Lipinski definition) is 3. The molecule has 0 aromatic rings. The minimum atomic E-state index is -0.486. The summed E-state index contributed by atoms with van der Waals surface area (Å²) in [7, 11) is 0. The van der Waals surface area contributed by atoms with E-state index in [1.54, 1.807) is 0 Å². The third-order valence-corrected chi connectivity index (χ3v) is 1.99. The first-order valence-corrected chi connectivity index (χ1v) is 5.42. The minimum absolute atomic E-state index is 0.0435. The number of carbonyl (C=O) groups excluding carboxylic acids is 2. The minimum Gasteiger partial charge on any atom is -0.462 e. The first-order valence-electron chi connectivity index (χ1n) is 5.42. The van der Waals surface area contributed by atoms with Gasteiger partial charge in [-0.3, -0.25) is 14.6 Å². The number of rotatable bonds is 8. The molecule has 0 unspecified atom stereocenters. The fraction of sp³-hybridized carbons (Fsp3) is 0.700. The lowest BCUT2D eigenvalue weighted by atomic mass is 10.1. The zero-order valence-electron chi connectivity index (χ0n) is 10.0. The predicted molar refractivity (Wildman–Crippen MR) is 63.9 cm³/mol. The fourth-order valence-electron chi connectivity index (χ4n) is 1.35. The maximum absolute atomic E-state index is 10.8. The number of esters is 1. The molecule has 7 heteroatoms. The van der Waals surface area contributed by atoms with Gasteiger partial charge in [-0.15, -0.1) is 0 Å². The number of carbonyl (C=O) groups is 2. The van der Waals surface area contributed by atoms with Crippen molar-refractivity contribution in [2.45, 2.75) is 38.7 Å². The molecule has 0 bridgehead atoms. The Labute approximate surface area is 100 Å². The van der Waals surface area contributed by atoms with Gasteiger partial charge in [-0.2, -0.15) is 0 Å². The molecule has 6 N–H and O–H groups in total. The van der Waals surface area contributed by atoms with Crippen LogP contribution in [-0.4, -0.2) is 30.5 Å². The van der Waals surface area contributed by atoms with Crippen molar-refractivity contribution in [2.75, 3.05) is 6.54 Å². The molecule has 0 heterocycles. The number of hydrogen-bond acceptors (Lipinski definition) is 4. The van der Waals surface area contributed by atoms with Gasteiger partial charge < -0.3 is 21.9 Å². The molecular weight excluding hydrogens is 224 g/mol. The number of nitrogens with zero attached hydrogens (tertiary/aromatic N) is 1. The number of unbranched alkanes of at least 4 members (excludes halogenated alkanes) is 1.